The van der Waals surface area contributed by atoms with Crippen LogP contribution in [-0.4, -0.2) is 18.6 Å². The molecule has 1 aromatic heterocycles. The smallest absolute Gasteiger partial charge is 0.133 e. The van der Waals surface area contributed by atoms with Crippen molar-refractivity contribution >= 4 is 27.3 Å². The Bertz CT molecular complexity index is 626. The Kier molecular flexibility index (Phi) is 4.10. The molecular weight excluding hydrogens is 336 g/mol. The van der Waals surface area contributed by atoms with Gasteiger partial charge in [0.2, 0.25) is 0 Å². The quantitative estimate of drug-likeness (QED) is 0.909. The molecule has 0 amide bonds. The van der Waals surface area contributed by atoms with Gasteiger partial charge in [0.1, 0.15) is 10.8 Å². The van der Waals surface area contributed by atoms with Crippen LogP contribution in [0.15, 0.2) is 22.7 Å². The molecule has 0 aliphatic heterocycles. The maximum atomic E-state index is 5.87. The molecule has 3 nitrogen and oxygen atoms in total. The molecular formula is C15H17BrN2OS. The highest BCUT2D eigenvalue weighted by Crippen LogP contribution is 2.39. The molecule has 0 saturated heterocycles. The molecule has 1 unspecified atom stereocenters. The van der Waals surface area contributed by atoms with Crippen molar-refractivity contribution in [3.63, 3.8) is 0 Å². The first-order chi connectivity index (χ1) is 9.72. The van der Waals surface area contributed by atoms with E-state index >= 15 is 0 Å². The largest absolute Gasteiger partial charge is 0.496 e. The second kappa shape index (κ2) is 5.84. The molecule has 5 heteroatoms. The lowest BCUT2D eigenvalue weighted by molar-refractivity contribution is 0.412. The highest BCUT2D eigenvalue weighted by atomic mass is 79.9. The van der Waals surface area contributed by atoms with Gasteiger partial charge in [-0.25, -0.2) is 4.98 Å². The van der Waals surface area contributed by atoms with Crippen molar-refractivity contribution in [2.75, 3.05) is 13.7 Å². The minimum atomic E-state index is 0.436. The summed E-state index contributed by atoms with van der Waals surface area (Å²) in [5.74, 6) is 1.28. The molecule has 0 fully saturated rings. The third kappa shape index (κ3) is 2.50. The van der Waals surface area contributed by atoms with Crippen LogP contribution in [-0.2, 0) is 6.42 Å². The number of rotatable bonds is 3. The lowest BCUT2D eigenvalue weighted by atomic mass is 9.91. The molecule has 1 aliphatic carbocycles. The van der Waals surface area contributed by atoms with Crippen LogP contribution in [0, 0.1) is 0 Å². The Morgan fingerprint density at radius 2 is 2.35 bits per heavy atom. The monoisotopic (exact) mass is 352 g/mol. The van der Waals surface area contributed by atoms with Crippen molar-refractivity contribution in [1.29, 1.82) is 0 Å². The van der Waals surface area contributed by atoms with Crippen LogP contribution in [0.2, 0.25) is 0 Å². The highest BCUT2D eigenvalue weighted by Gasteiger charge is 2.24. The third-order valence-electron chi connectivity index (χ3n) is 3.75. The van der Waals surface area contributed by atoms with Crippen LogP contribution in [0.3, 0.4) is 0 Å². The topological polar surface area (TPSA) is 48.1 Å². The van der Waals surface area contributed by atoms with Gasteiger partial charge < -0.3 is 10.5 Å². The van der Waals surface area contributed by atoms with Crippen molar-refractivity contribution in [1.82, 2.24) is 4.98 Å². The number of nitrogens with zero attached hydrogens (tertiary/aromatic N) is 1. The molecule has 0 saturated carbocycles. The van der Waals surface area contributed by atoms with Gasteiger partial charge in [-0.15, -0.1) is 11.3 Å². The standard InChI is InChI=1S/C15H17BrN2OS/c1-19-12-6-5-9(7-11(12)16)15-18-14-10(8-17)3-2-4-13(14)20-15/h5-7,10H,2-4,8,17H2,1H3. The molecule has 2 N–H and O–H groups in total. The van der Waals surface area contributed by atoms with Crippen molar-refractivity contribution < 1.29 is 4.74 Å². The average Bonchev–Trinajstić information content (AvgIpc) is 2.91. The van der Waals surface area contributed by atoms with E-state index in [1.165, 1.54) is 23.4 Å². The van der Waals surface area contributed by atoms with Crippen molar-refractivity contribution in [3.8, 4) is 16.3 Å². The van der Waals surface area contributed by atoms with Gasteiger partial charge in [-0.3, -0.25) is 0 Å². The van der Waals surface area contributed by atoms with Gasteiger partial charge in [-0.1, -0.05) is 0 Å². The summed E-state index contributed by atoms with van der Waals surface area (Å²) in [6.07, 6.45) is 3.53. The Morgan fingerprint density at radius 3 is 3.05 bits per heavy atom. The Hall–Kier alpha value is -0.910. The van der Waals surface area contributed by atoms with E-state index in [2.05, 4.69) is 28.1 Å². The predicted octanol–water partition coefficient (Wildman–Crippen LogP) is 3.96. The fourth-order valence-electron chi connectivity index (χ4n) is 2.66. The molecule has 1 aromatic carbocycles. The highest BCUT2D eigenvalue weighted by molar-refractivity contribution is 9.10. The normalized spacial score (nSPS) is 17.9. The summed E-state index contributed by atoms with van der Waals surface area (Å²) in [6, 6.07) is 6.10. The summed E-state index contributed by atoms with van der Waals surface area (Å²) >= 11 is 5.34. The van der Waals surface area contributed by atoms with Crippen LogP contribution in [0.4, 0.5) is 0 Å². The maximum Gasteiger partial charge on any atom is 0.133 e. The van der Waals surface area contributed by atoms with Crippen molar-refractivity contribution in [3.05, 3.63) is 33.2 Å². The van der Waals surface area contributed by atoms with E-state index in [0.29, 0.717) is 12.5 Å². The molecule has 1 atom stereocenters. The van der Waals surface area contributed by atoms with E-state index in [-0.39, 0.29) is 0 Å². The van der Waals surface area contributed by atoms with Crippen LogP contribution in [0.5, 0.6) is 5.75 Å². The Labute approximate surface area is 131 Å². The zero-order valence-electron chi connectivity index (χ0n) is 11.4. The predicted molar refractivity (Wildman–Crippen MR) is 86.5 cm³/mol. The fraction of sp³-hybridized carbons (Fsp3) is 0.400. The van der Waals surface area contributed by atoms with Crippen molar-refractivity contribution in [2.45, 2.75) is 25.2 Å². The number of aromatic nitrogens is 1. The molecule has 0 spiro atoms. The van der Waals surface area contributed by atoms with E-state index in [4.69, 9.17) is 15.5 Å². The molecule has 1 aliphatic rings. The lowest BCUT2D eigenvalue weighted by Gasteiger charge is -2.18. The molecule has 3 rings (SSSR count). The van der Waals surface area contributed by atoms with E-state index in [9.17, 15) is 0 Å². The number of benzene rings is 1. The number of methoxy groups -OCH3 is 1. The van der Waals surface area contributed by atoms with Gasteiger partial charge in [-0.2, -0.15) is 0 Å². The van der Waals surface area contributed by atoms with E-state index in [1.54, 1.807) is 18.4 Å². The molecule has 2 aromatic rings. The second-order valence-electron chi connectivity index (χ2n) is 5.00. The SMILES string of the molecule is COc1ccc(-c2nc3c(s2)CCCC3CN)cc1Br. The number of halogens is 1. The zero-order chi connectivity index (χ0) is 14.1. The second-order valence-corrected chi connectivity index (χ2v) is 6.94. The first-order valence-electron chi connectivity index (χ1n) is 6.76. The average molecular weight is 353 g/mol. The number of hydrogen-bond donors (Lipinski definition) is 1. The van der Waals surface area contributed by atoms with Gasteiger partial charge in [0.15, 0.2) is 0 Å². The first-order valence-corrected chi connectivity index (χ1v) is 8.37. The molecule has 106 valence electrons. The summed E-state index contributed by atoms with van der Waals surface area (Å²) < 4.78 is 6.23. The van der Waals surface area contributed by atoms with Crippen LogP contribution in [0.25, 0.3) is 10.6 Å². The number of hydrogen-bond acceptors (Lipinski definition) is 4. The van der Waals surface area contributed by atoms with Crippen molar-refractivity contribution in [2.24, 2.45) is 5.73 Å². The van der Waals surface area contributed by atoms with E-state index in [1.807, 2.05) is 6.07 Å². The lowest BCUT2D eigenvalue weighted by Crippen LogP contribution is -2.17. The number of nitrogens with two attached hydrogens (primary N) is 1. The third-order valence-corrected chi connectivity index (χ3v) is 5.55. The Morgan fingerprint density at radius 1 is 1.50 bits per heavy atom. The maximum absolute atomic E-state index is 5.87. The molecule has 20 heavy (non-hydrogen) atoms. The molecule has 0 bridgehead atoms. The summed E-state index contributed by atoms with van der Waals surface area (Å²) in [5.41, 5.74) is 8.23. The summed E-state index contributed by atoms with van der Waals surface area (Å²) in [5, 5.41) is 1.08. The molecule has 0 radical (unpaired) electrons. The van der Waals surface area contributed by atoms with E-state index in [0.717, 1.165) is 27.2 Å². The van der Waals surface area contributed by atoms with Gasteiger partial charge >= 0.3 is 0 Å². The number of fused-ring (bicyclic) bond motifs is 1. The minimum absolute atomic E-state index is 0.436. The van der Waals surface area contributed by atoms with Gasteiger partial charge in [-0.05, 0) is 53.4 Å². The number of aryl methyl sites for hydroxylation is 1. The van der Waals surface area contributed by atoms with E-state index < -0.39 is 0 Å². The fourth-order valence-corrected chi connectivity index (χ4v) is 4.39. The van der Waals surface area contributed by atoms with Gasteiger partial charge in [0.05, 0.1) is 17.3 Å². The van der Waals surface area contributed by atoms with Gasteiger partial charge in [0.25, 0.3) is 0 Å². The van der Waals surface area contributed by atoms with Gasteiger partial charge in [0, 0.05) is 22.9 Å². The Balaban J connectivity index is 1.99. The summed E-state index contributed by atoms with van der Waals surface area (Å²) in [6.45, 7) is 0.697. The number of thiazole rings is 1. The van der Waals surface area contributed by atoms with Crippen LogP contribution >= 0.6 is 27.3 Å². The summed E-state index contributed by atoms with van der Waals surface area (Å²) in [4.78, 5) is 6.26. The summed E-state index contributed by atoms with van der Waals surface area (Å²) in [7, 11) is 1.67. The number of ether oxygens (including phenoxy) is 1. The van der Waals surface area contributed by atoms with Crippen LogP contribution in [0.1, 0.15) is 29.3 Å². The minimum Gasteiger partial charge on any atom is -0.496 e. The zero-order valence-corrected chi connectivity index (χ0v) is 13.8. The first kappa shape index (κ1) is 14.0. The molecule has 1 heterocycles. The van der Waals surface area contributed by atoms with Crippen LogP contribution < -0.4 is 10.5 Å².